The molecule has 2 rings (SSSR count). The number of amides is 2. The van der Waals surface area contributed by atoms with E-state index in [4.69, 9.17) is 4.74 Å². The van der Waals surface area contributed by atoms with Crippen LogP contribution >= 0.6 is 0 Å². The molecule has 0 fully saturated rings. The summed E-state index contributed by atoms with van der Waals surface area (Å²) in [6.45, 7) is 6.64. The van der Waals surface area contributed by atoms with Crippen LogP contribution in [0.2, 0.25) is 0 Å². The van der Waals surface area contributed by atoms with Gasteiger partial charge in [0.15, 0.2) is 0 Å². The van der Waals surface area contributed by atoms with Crippen LogP contribution < -0.4 is 15.4 Å². The molecule has 0 aromatic heterocycles. The summed E-state index contributed by atoms with van der Waals surface area (Å²) in [7, 11) is 0. The third-order valence-corrected chi connectivity index (χ3v) is 3.83. The molecule has 5 nitrogen and oxygen atoms in total. The first-order valence-corrected chi connectivity index (χ1v) is 8.92. The predicted octanol–water partition coefficient (Wildman–Crippen LogP) is 4.71. The molecule has 138 valence electrons. The maximum absolute atomic E-state index is 12.6. The van der Waals surface area contributed by atoms with Gasteiger partial charge in [-0.25, -0.2) is 0 Å². The van der Waals surface area contributed by atoms with Crippen molar-refractivity contribution in [3.63, 3.8) is 0 Å². The average Bonchev–Trinajstić information content (AvgIpc) is 2.63. The molecule has 26 heavy (non-hydrogen) atoms. The van der Waals surface area contributed by atoms with E-state index in [1.54, 1.807) is 43.3 Å². The van der Waals surface area contributed by atoms with Gasteiger partial charge in [0.05, 0.1) is 12.2 Å². The van der Waals surface area contributed by atoms with E-state index in [1.165, 1.54) is 0 Å². The Kier molecular flexibility index (Phi) is 7.21. The summed E-state index contributed by atoms with van der Waals surface area (Å²) >= 11 is 0. The molecule has 0 unspecified atom stereocenters. The molecule has 0 radical (unpaired) electrons. The van der Waals surface area contributed by atoms with E-state index < -0.39 is 0 Å². The van der Waals surface area contributed by atoms with E-state index in [-0.39, 0.29) is 11.8 Å². The Morgan fingerprint density at radius 2 is 1.58 bits per heavy atom. The van der Waals surface area contributed by atoms with Gasteiger partial charge in [-0.2, -0.15) is 0 Å². The van der Waals surface area contributed by atoms with E-state index in [9.17, 15) is 9.59 Å². The number of benzene rings is 2. The second-order valence-corrected chi connectivity index (χ2v) is 6.46. The van der Waals surface area contributed by atoms with Gasteiger partial charge < -0.3 is 15.4 Å². The molecule has 2 aromatic carbocycles. The Hall–Kier alpha value is -2.82. The minimum Gasteiger partial charge on any atom is -0.493 e. The highest BCUT2D eigenvalue weighted by atomic mass is 16.5. The van der Waals surface area contributed by atoms with Crippen LogP contribution in [0, 0.1) is 5.92 Å². The third-order valence-electron chi connectivity index (χ3n) is 3.83. The Balaban J connectivity index is 2.02. The van der Waals surface area contributed by atoms with Crippen molar-refractivity contribution in [2.24, 2.45) is 5.92 Å². The Labute approximate surface area is 154 Å². The molecule has 2 aromatic rings. The first-order chi connectivity index (χ1) is 12.5. The highest BCUT2D eigenvalue weighted by Gasteiger charge is 2.12. The van der Waals surface area contributed by atoms with Crippen molar-refractivity contribution < 1.29 is 14.3 Å². The number of carbonyl (C=O) groups excluding carboxylic acids is 2. The number of hydrogen-bond donors (Lipinski definition) is 2. The van der Waals surface area contributed by atoms with E-state index >= 15 is 0 Å². The van der Waals surface area contributed by atoms with E-state index in [2.05, 4.69) is 24.5 Å². The molecule has 0 heterocycles. The predicted molar refractivity (Wildman–Crippen MR) is 105 cm³/mol. The Bertz CT molecular complexity index is 739. The van der Waals surface area contributed by atoms with Crippen LogP contribution in [0.15, 0.2) is 48.5 Å². The van der Waals surface area contributed by atoms with Crippen LogP contribution in [0.1, 0.15) is 44.0 Å². The summed E-state index contributed by atoms with van der Waals surface area (Å²) in [6.07, 6.45) is 1.35. The van der Waals surface area contributed by atoms with Crippen LogP contribution in [0.3, 0.4) is 0 Å². The van der Waals surface area contributed by atoms with Crippen LogP contribution in [-0.2, 0) is 4.79 Å². The number of rotatable bonds is 8. The quantitative estimate of drug-likeness (QED) is 0.721. The van der Waals surface area contributed by atoms with Crippen molar-refractivity contribution in [3.8, 4) is 5.75 Å². The number of para-hydroxylation sites is 1. The van der Waals surface area contributed by atoms with Crippen molar-refractivity contribution in [2.45, 2.75) is 33.6 Å². The zero-order valence-corrected chi connectivity index (χ0v) is 15.5. The fraction of sp³-hybridized carbons (Fsp3) is 0.333. The van der Waals surface area contributed by atoms with Crippen LogP contribution in [0.25, 0.3) is 0 Å². The van der Waals surface area contributed by atoms with E-state index in [1.807, 2.05) is 12.1 Å². The van der Waals surface area contributed by atoms with Gasteiger partial charge >= 0.3 is 0 Å². The standard InChI is InChI=1S/C21H26N2O3/c1-4-20(24)22-16-9-11-17(12-10-16)23-21(25)18-7-5-6-8-19(18)26-14-13-15(2)3/h5-12,15H,4,13-14H2,1-3H3,(H,22,24)(H,23,25). The van der Waals surface area contributed by atoms with Crippen molar-refractivity contribution in [2.75, 3.05) is 17.2 Å². The molecule has 2 N–H and O–H groups in total. The Morgan fingerprint density at radius 3 is 2.19 bits per heavy atom. The zero-order valence-electron chi connectivity index (χ0n) is 15.5. The molecule has 0 aliphatic rings. The number of hydrogen-bond acceptors (Lipinski definition) is 3. The molecular weight excluding hydrogens is 328 g/mol. The number of ether oxygens (including phenoxy) is 1. The zero-order chi connectivity index (χ0) is 18.9. The van der Waals surface area contributed by atoms with E-state index in [0.717, 1.165) is 6.42 Å². The highest BCUT2D eigenvalue weighted by Crippen LogP contribution is 2.21. The van der Waals surface area contributed by atoms with Crippen molar-refractivity contribution in [3.05, 3.63) is 54.1 Å². The highest BCUT2D eigenvalue weighted by molar-refractivity contribution is 6.06. The fourth-order valence-corrected chi connectivity index (χ4v) is 2.27. The second kappa shape index (κ2) is 9.61. The number of carbonyl (C=O) groups is 2. The van der Waals surface area contributed by atoms with Crippen LogP contribution in [-0.4, -0.2) is 18.4 Å². The summed E-state index contributed by atoms with van der Waals surface area (Å²) in [6, 6.07) is 14.2. The molecule has 5 heteroatoms. The third kappa shape index (κ3) is 5.92. The lowest BCUT2D eigenvalue weighted by atomic mass is 10.1. The van der Waals surface area contributed by atoms with Crippen molar-refractivity contribution in [1.82, 2.24) is 0 Å². The molecule has 0 spiro atoms. The lowest BCUT2D eigenvalue weighted by molar-refractivity contribution is -0.115. The SMILES string of the molecule is CCC(=O)Nc1ccc(NC(=O)c2ccccc2OCCC(C)C)cc1. The smallest absolute Gasteiger partial charge is 0.259 e. The maximum Gasteiger partial charge on any atom is 0.259 e. The summed E-state index contributed by atoms with van der Waals surface area (Å²) in [5, 5.41) is 5.63. The summed E-state index contributed by atoms with van der Waals surface area (Å²) < 4.78 is 5.77. The van der Waals surface area contributed by atoms with Gasteiger partial charge in [0.2, 0.25) is 5.91 Å². The number of nitrogens with one attached hydrogen (secondary N) is 2. The first-order valence-electron chi connectivity index (χ1n) is 8.92. The molecule has 0 bridgehead atoms. The molecule has 0 saturated carbocycles. The van der Waals surface area contributed by atoms with Gasteiger partial charge in [-0.1, -0.05) is 32.9 Å². The normalized spacial score (nSPS) is 10.5. The van der Waals surface area contributed by atoms with Gasteiger partial charge in [0.25, 0.3) is 5.91 Å². The average molecular weight is 354 g/mol. The van der Waals surface area contributed by atoms with Gasteiger partial charge in [-0.3, -0.25) is 9.59 Å². The largest absolute Gasteiger partial charge is 0.493 e. The lowest BCUT2D eigenvalue weighted by Crippen LogP contribution is -2.14. The van der Waals surface area contributed by atoms with Gasteiger partial charge in [0, 0.05) is 17.8 Å². The first kappa shape index (κ1) is 19.5. The van der Waals surface area contributed by atoms with Gasteiger partial charge in [0.1, 0.15) is 5.75 Å². The second-order valence-electron chi connectivity index (χ2n) is 6.46. The summed E-state index contributed by atoms with van der Waals surface area (Å²) in [5.74, 6) is 0.852. The van der Waals surface area contributed by atoms with Crippen LogP contribution in [0.5, 0.6) is 5.75 Å². The molecule has 2 amide bonds. The van der Waals surface area contributed by atoms with Gasteiger partial charge in [-0.05, 0) is 48.7 Å². The monoisotopic (exact) mass is 354 g/mol. The maximum atomic E-state index is 12.6. The summed E-state index contributed by atoms with van der Waals surface area (Å²) in [5.41, 5.74) is 1.85. The topological polar surface area (TPSA) is 67.4 Å². The molecular formula is C21H26N2O3. The molecule has 0 atom stereocenters. The molecule has 0 aliphatic heterocycles. The summed E-state index contributed by atoms with van der Waals surface area (Å²) in [4.78, 5) is 24.0. The van der Waals surface area contributed by atoms with Crippen LogP contribution in [0.4, 0.5) is 11.4 Å². The molecule has 0 aliphatic carbocycles. The van der Waals surface area contributed by atoms with Crippen molar-refractivity contribution >= 4 is 23.2 Å². The van der Waals surface area contributed by atoms with E-state index in [0.29, 0.717) is 41.6 Å². The minimum absolute atomic E-state index is 0.0470. The number of anilines is 2. The minimum atomic E-state index is -0.226. The Morgan fingerprint density at radius 1 is 0.962 bits per heavy atom. The van der Waals surface area contributed by atoms with Crippen molar-refractivity contribution in [1.29, 1.82) is 0 Å². The molecule has 0 saturated heterocycles. The lowest BCUT2D eigenvalue weighted by Gasteiger charge is -2.13. The fourth-order valence-electron chi connectivity index (χ4n) is 2.27. The van der Waals surface area contributed by atoms with Gasteiger partial charge in [-0.15, -0.1) is 0 Å².